The van der Waals surface area contributed by atoms with Crippen LogP contribution in [-0.4, -0.2) is 28.0 Å². The highest BCUT2D eigenvalue weighted by Crippen LogP contribution is 2.38. The maximum absolute atomic E-state index is 11.8. The van der Waals surface area contributed by atoms with Crippen molar-refractivity contribution >= 4 is 11.9 Å². The molecule has 1 heterocycles. The highest BCUT2D eigenvalue weighted by molar-refractivity contribution is 5.93. The molecule has 0 saturated heterocycles. The van der Waals surface area contributed by atoms with E-state index in [1.54, 1.807) is 25.3 Å². The summed E-state index contributed by atoms with van der Waals surface area (Å²) < 4.78 is 0. The van der Waals surface area contributed by atoms with E-state index in [2.05, 4.69) is 10.3 Å². The maximum atomic E-state index is 11.8. The Morgan fingerprint density at radius 2 is 2.35 bits per heavy atom. The Labute approximate surface area is 99.2 Å². The summed E-state index contributed by atoms with van der Waals surface area (Å²) in [6.07, 6.45) is 3.83. The zero-order valence-corrected chi connectivity index (χ0v) is 9.69. The van der Waals surface area contributed by atoms with Crippen LogP contribution in [0.2, 0.25) is 0 Å². The van der Waals surface area contributed by atoms with Crippen molar-refractivity contribution in [3.05, 3.63) is 24.0 Å². The van der Waals surface area contributed by atoms with Gasteiger partial charge in [-0.15, -0.1) is 0 Å². The Kier molecular flexibility index (Phi) is 2.92. The number of aliphatic carboxylic acids is 1. The summed E-state index contributed by atoms with van der Waals surface area (Å²) in [6.45, 7) is 1.70. The summed E-state index contributed by atoms with van der Waals surface area (Å²) in [5.74, 6) is -1.08. The van der Waals surface area contributed by atoms with Gasteiger partial charge in [0.05, 0.1) is 5.41 Å². The van der Waals surface area contributed by atoms with Crippen LogP contribution in [0.1, 0.15) is 36.7 Å². The van der Waals surface area contributed by atoms with Crippen LogP contribution in [0.25, 0.3) is 0 Å². The Morgan fingerprint density at radius 1 is 1.59 bits per heavy atom. The van der Waals surface area contributed by atoms with Gasteiger partial charge in [-0.25, -0.2) is 0 Å². The summed E-state index contributed by atoms with van der Waals surface area (Å²) in [5, 5.41) is 12.0. The molecule has 0 radical (unpaired) electrons. The lowest BCUT2D eigenvalue weighted by atomic mass is 9.85. The second-order valence-corrected chi connectivity index (χ2v) is 4.72. The Hall–Kier alpha value is -1.78. The average Bonchev–Trinajstić information content (AvgIpc) is 2.89. The third kappa shape index (κ3) is 2.05. The number of hydrogen-bond donors (Lipinski definition) is 3. The third-order valence-electron chi connectivity index (χ3n) is 3.59. The molecule has 0 bridgehead atoms. The molecule has 1 saturated carbocycles. The molecule has 0 spiro atoms. The van der Waals surface area contributed by atoms with E-state index < -0.39 is 11.4 Å². The zero-order valence-electron chi connectivity index (χ0n) is 9.69. The average molecular weight is 236 g/mol. The zero-order chi connectivity index (χ0) is 12.5. The fourth-order valence-corrected chi connectivity index (χ4v) is 2.36. The Balaban J connectivity index is 2.09. The van der Waals surface area contributed by atoms with E-state index in [1.807, 2.05) is 0 Å². The van der Waals surface area contributed by atoms with Crippen LogP contribution in [-0.2, 0) is 4.79 Å². The summed E-state index contributed by atoms with van der Waals surface area (Å²) in [5.41, 5.74) is -0.382. The highest BCUT2D eigenvalue weighted by Gasteiger charge is 2.45. The van der Waals surface area contributed by atoms with Crippen LogP contribution in [0.4, 0.5) is 0 Å². The molecule has 1 fully saturated rings. The molecule has 1 aromatic heterocycles. The lowest BCUT2D eigenvalue weighted by Crippen LogP contribution is -2.47. The number of carbonyl (C=O) groups is 2. The van der Waals surface area contributed by atoms with Gasteiger partial charge in [0.2, 0.25) is 0 Å². The Bertz CT molecular complexity index is 427. The van der Waals surface area contributed by atoms with Gasteiger partial charge in [0.1, 0.15) is 5.69 Å². The van der Waals surface area contributed by atoms with Gasteiger partial charge in [-0.1, -0.05) is 6.42 Å². The predicted molar refractivity (Wildman–Crippen MR) is 61.6 cm³/mol. The first kappa shape index (κ1) is 11.7. The summed E-state index contributed by atoms with van der Waals surface area (Å²) in [4.78, 5) is 25.9. The molecule has 1 aliphatic rings. The van der Waals surface area contributed by atoms with Crippen LogP contribution >= 0.6 is 0 Å². The highest BCUT2D eigenvalue weighted by atomic mass is 16.4. The van der Waals surface area contributed by atoms with E-state index in [4.69, 9.17) is 0 Å². The van der Waals surface area contributed by atoms with Gasteiger partial charge in [0, 0.05) is 12.2 Å². The molecule has 1 amide bonds. The standard InChI is InChI=1S/C12H16N2O3/c1-12(11(16)17)6-2-5-9(12)14-10(15)8-4-3-7-13-8/h3-4,7,9,13H,2,5-6H2,1H3,(H,14,15)(H,16,17). The minimum absolute atomic E-state index is 0.241. The largest absolute Gasteiger partial charge is 0.481 e. The van der Waals surface area contributed by atoms with Crippen molar-refractivity contribution < 1.29 is 14.7 Å². The van der Waals surface area contributed by atoms with Crippen molar-refractivity contribution in [2.75, 3.05) is 0 Å². The number of carbonyl (C=O) groups excluding carboxylic acids is 1. The van der Waals surface area contributed by atoms with Crippen molar-refractivity contribution in [2.24, 2.45) is 5.41 Å². The summed E-state index contributed by atoms with van der Waals surface area (Å²) in [7, 11) is 0. The maximum Gasteiger partial charge on any atom is 0.311 e. The van der Waals surface area contributed by atoms with Gasteiger partial charge in [0.15, 0.2) is 0 Å². The molecule has 2 atom stereocenters. The van der Waals surface area contributed by atoms with Crippen molar-refractivity contribution in [1.29, 1.82) is 0 Å². The predicted octanol–water partition coefficient (Wildman–Crippen LogP) is 1.39. The van der Waals surface area contributed by atoms with Crippen LogP contribution in [0, 0.1) is 5.41 Å². The molecule has 1 aromatic rings. The first-order valence-electron chi connectivity index (χ1n) is 5.72. The monoisotopic (exact) mass is 236 g/mol. The number of H-pyrrole nitrogens is 1. The topological polar surface area (TPSA) is 82.2 Å². The van der Waals surface area contributed by atoms with E-state index in [1.165, 1.54) is 0 Å². The lowest BCUT2D eigenvalue weighted by Gasteiger charge is -2.27. The number of aromatic nitrogens is 1. The molecule has 2 rings (SSSR count). The minimum atomic E-state index is -0.845. The molecule has 17 heavy (non-hydrogen) atoms. The van der Waals surface area contributed by atoms with Gasteiger partial charge < -0.3 is 15.4 Å². The van der Waals surface area contributed by atoms with Crippen molar-refractivity contribution in [3.8, 4) is 0 Å². The fourth-order valence-electron chi connectivity index (χ4n) is 2.36. The van der Waals surface area contributed by atoms with Crippen LogP contribution in [0.5, 0.6) is 0 Å². The van der Waals surface area contributed by atoms with Gasteiger partial charge in [-0.2, -0.15) is 0 Å². The number of carboxylic acid groups (broad SMARTS) is 1. The smallest absolute Gasteiger partial charge is 0.311 e. The SMILES string of the molecule is CC1(C(=O)O)CCCC1NC(=O)c1ccc[nH]1. The fraction of sp³-hybridized carbons (Fsp3) is 0.500. The molecule has 3 N–H and O–H groups in total. The molecule has 5 nitrogen and oxygen atoms in total. The first-order valence-corrected chi connectivity index (χ1v) is 5.72. The quantitative estimate of drug-likeness (QED) is 0.741. The number of amides is 1. The van der Waals surface area contributed by atoms with E-state index in [9.17, 15) is 14.7 Å². The summed E-state index contributed by atoms with van der Waals surface area (Å²) >= 11 is 0. The Morgan fingerprint density at radius 3 is 2.94 bits per heavy atom. The molecular weight excluding hydrogens is 220 g/mol. The molecular formula is C12H16N2O3. The van der Waals surface area contributed by atoms with Crippen molar-refractivity contribution in [1.82, 2.24) is 10.3 Å². The number of nitrogens with one attached hydrogen (secondary N) is 2. The van der Waals surface area contributed by atoms with Crippen LogP contribution < -0.4 is 5.32 Å². The lowest BCUT2D eigenvalue weighted by molar-refractivity contribution is -0.148. The molecule has 0 aromatic carbocycles. The molecule has 92 valence electrons. The van der Waals surface area contributed by atoms with E-state index in [-0.39, 0.29) is 11.9 Å². The normalized spacial score (nSPS) is 27.9. The molecule has 1 aliphatic carbocycles. The molecule has 0 aliphatic heterocycles. The third-order valence-corrected chi connectivity index (χ3v) is 3.59. The van der Waals surface area contributed by atoms with Crippen LogP contribution in [0.3, 0.4) is 0 Å². The van der Waals surface area contributed by atoms with Gasteiger partial charge in [-0.05, 0) is 31.9 Å². The first-order chi connectivity index (χ1) is 8.04. The van der Waals surface area contributed by atoms with E-state index in [0.29, 0.717) is 12.1 Å². The van der Waals surface area contributed by atoms with Crippen molar-refractivity contribution in [2.45, 2.75) is 32.2 Å². The second-order valence-electron chi connectivity index (χ2n) is 4.72. The number of hydrogen-bond acceptors (Lipinski definition) is 2. The van der Waals surface area contributed by atoms with E-state index >= 15 is 0 Å². The van der Waals surface area contributed by atoms with Gasteiger partial charge >= 0.3 is 5.97 Å². The molecule has 5 heteroatoms. The summed E-state index contributed by atoms with van der Waals surface area (Å²) in [6, 6.07) is 3.11. The second kappa shape index (κ2) is 4.24. The van der Waals surface area contributed by atoms with Crippen LogP contribution in [0.15, 0.2) is 18.3 Å². The van der Waals surface area contributed by atoms with E-state index in [0.717, 1.165) is 12.8 Å². The number of carboxylic acids is 1. The van der Waals surface area contributed by atoms with Gasteiger partial charge in [0.25, 0.3) is 5.91 Å². The molecule has 2 unspecified atom stereocenters. The van der Waals surface area contributed by atoms with Crippen molar-refractivity contribution in [3.63, 3.8) is 0 Å². The number of rotatable bonds is 3. The minimum Gasteiger partial charge on any atom is -0.481 e. The number of aromatic amines is 1. The van der Waals surface area contributed by atoms with Gasteiger partial charge in [-0.3, -0.25) is 9.59 Å².